The van der Waals surface area contributed by atoms with Gasteiger partial charge in [-0.3, -0.25) is 9.79 Å². The van der Waals surface area contributed by atoms with Crippen LogP contribution in [0.1, 0.15) is 84.1 Å². The standard InChI is InChI=1S/C34H45FN4O3/c1-5-15-29(35)19-14-25-37-33(40)31(6-2)32(36-24-13-9-10-16-27(4)38-41)21-20-30-26-34(7-3,42-39-30)23-22-28-17-11-8-12-18-28/h6,8,11-12,14-15,17-19,21,24H,4-5,7,9-10,13,16,20,22-23,25-26H2,1-3H3,(H,37,40)/b19-14-,29-15+,31-6+,32-21+,36-24+. The molecule has 1 atom stereocenters. The fourth-order valence-corrected chi connectivity index (χ4v) is 4.52. The lowest BCUT2D eigenvalue weighted by atomic mass is 9.87. The molecule has 226 valence electrons. The average molecular weight is 577 g/mol. The normalized spacial score (nSPS) is 17.9. The van der Waals surface area contributed by atoms with E-state index in [4.69, 9.17) is 4.84 Å². The number of nitroso groups, excluding NO2 is 1. The molecule has 0 bridgehead atoms. The molecule has 0 aromatic heterocycles. The number of nitrogens with one attached hydrogen (secondary N) is 1. The third-order valence-corrected chi connectivity index (χ3v) is 7.06. The van der Waals surface area contributed by atoms with E-state index in [9.17, 15) is 14.1 Å². The molecule has 7 nitrogen and oxygen atoms in total. The molecule has 0 saturated heterocycles. The topological polar surface area (TPSA) is 92.5 Å². The van der Waals surface area contributed by atoms with Gasteiger partial charge in [0.25, 0.3) is 5.91 Å². The van der Waals surface area contributed by atoms with E-state index in [0.29, 0.717) is 42.7 Å². The largest absolute Gasteiger partial charge is 0.389 e. The van der Waals surface area contributed by atoms with Crippen molar-refractivity contribution in [2.75, 3.05) is 6.54 Å². The smallest absolute Gasteiger partial charge is 0.253 e. The fraction of sp³-hybridized carbons (Fsp3) is 0.441. The van der Waals surface area contributed by atoms with Crippen molar-refractivity contribution in [1.29, 1.82) is 0 Å². The number of hydrogen-bond acceptors (Lipinski definition) is 6. The van der Waals surface area contributed by atoms with Crippen molar-refractivity contribution in [3.8, 4) is 0 Å². The minimum atomic E-state index is -0.336. The van der Waals surface area contributed by atoms with Crippen LogP contribution in [0.4, 0.5) is 4.39 Å². The predicted octanol–water partition coefficient (Wildman–Crippen LogP) is 8.61. The summed E-state index contributed by atoms with van der Waals surface area (Å²) >= 11 is 0. The fourth-order valence-electron chi connectivity index (χ4n) is 4.52. The SMILES string of the molecule is C=C(CCCC/C=N/C(=C/CC1=NOC(CC)(CCc2ccccc2)C1)C(=C\C)/C(=O)NC/C=C\C(F)=C/CC)N=O. The quantitative estimate of drug-likeness (QED) is 0.0587. The summed E-state index contributed by atoms with van der Waals surface area (Å²) in [5, 5.41) is 10.1. The van der Waals surface area contributed by atoms with Gasteiger partial charge >= 0.3 is 0 Å². The van der Waals surface area contributed by atoms with Gasteiger partial charge in [0.05, 0.1) is 22.7 Å². The Morgan fingerprint density at radius 2 is 2.00 bits per heavy atom. The van der Waals surface area contributed by atoms with Gasteiger partial charge < -0.3 is 10.2 Å². The molecule has 1 N–H and O–H groups in total. The van der Waals surface area contributed by atoms with E-state index in [1.165, 1.54) is 17.7 Å². The summed E-state index contributed by atoms with van der Waals surface area (Å²) in [6.07, 6.45) is 17.1. The Kier molecular flexibility index (Phi) is 15.7. The molecule has 2 rings (SSSR count). The maximum Gasteiger partial charge on any atom is 0.253 e. The van der Waals surface area contributed by atoms with Crippen molar-refractivity contribution in [1.82, 2.24) is 5.32 Å². The van der Waals surface area contributed by atoms with Crippen LogP contribution in [0.25, 0.3) is 0 Å². The zero-order chi connectivity index (χ0) is 30.6. The second kappa shape index (κ2) is 19.2. The molecule has 1 aliphatic heterocycles. The van der Waals surface area contributed by atoms with Crippen LogP contribution in [0.2, 0.25) is 0 Å². The van der Waals surface area contributed by atoms with E-state index in [1.807, 2.05) is 31.2 Å². The Balaban J connectivity index is 2.09. The third-order valence-electron chi connectivity index (χ3n) is 7.06. The molecule has 1 aromatic carbocycles. The summed E-state index contributed by atoms with van der Waals surface area (Å²) in [5.41, 5.74) is 3.15. The lowest BCUT2D eigenvalue weighted by Gasteiger charge is -2.25. The first-order valence-electron chi connectivity index (χ1n) is 14.8. The molecule has 1 aliphatic rings. The van der Waals surface area contributed by atoms with Crippen LogP contribution in [-0.4, -0.2) is 30.0 Å². The van der Waals surface area contributed by atoms with E-state index in [0.717, 1.165) is 44.2 Å². The number of hydrogen-bond donors (Lipinski definition) is 1. The number of oxime groups is 1. The van der Waals surface area contributed by atoms with Crippen LogP contribution in [0.15, 0.2) is 105 Å². The van der Waals surface area contributed by atoms with Crippen molar-refractivity contribution < 1.29 is 14.0 Å². The molecular formula is C34H45FN4O3. The van der Waals surface area contributed by atoms with Crippen LogP contribution in [-0.2, 0) is 16.1 Å². The first-order valence-corrected chi connectivity index (χ1v) is 14.8. The third kappa shape index (κ3) is 12.3. The number of unbranched alkanes of at least 4 members (excludes halogenated alkanes) is 2. The monoisotopic (exact) mass is 576 g/mol. The molecular weight excluding hydrogens is 531 g/mol. The summed E-state index contributed by atoms with van der Waals surface area (Å²) in [6.45, 7) is 9.56. The lowest BCUT2D eigenvalue weighted by molar-refractivity contribution is -0.117. The maximum atomic E-state index is 13.6. The van der Waals surface area contributed by atoms with E-state index < -0.39 is 0 Å². The molecule has 0 spiro atoms. The summed E-state index contributed by atoms with van der Waals surface area (Å²) < 4.78 is 13.6. The number of carbonyl (C=O) groups excluding carboxylic acids is 1. The Morgan fingerprint density at radius 1 is 1.21 bits per heavy atom. The number of nitrogens with zero attached hydrogens (tertiary/aromatic N) is 3. The highest BCUT2D eigenvalue weighted by atomic mass is 19.1. The van der Waals surface area contributed by atoms with Gasteiger partial charge in [0.15, 0.2) is 0 Å². The Bertz CT molecular complexity index is 1210. The number of aryl methyl sites for hydroxylation is 1. The predicted molar refractivity (Wildman–Crippen MR) is 171 cm³/mol. The minimum Gasteiger partial charge on any atom is -0.389 e. The summed E-state index contributed by atoms with van der Waals surface area (Å²) in [6, 6.07) is 10.4. The zero-order valence-corrected chi connectivity index (χ0v) is 25.3. The average Bonchev–Trinajstić information content (AvgIpc) is 3.42. The van der Waals surface area contributed by atoms with E-state index >= 15 is 0 Å². The van der Waals surface area contributed by atoms with Crippen molar-refractivity contribution in [3.63, 3.8) is 0 Å². The number of rotatable bonds is 19. The number of aliphatic imine (C=N–C) groups is 1. The first-order chi connectivity index (χ1) is 20.4. The van der Waals surface area contributed by atoms with Gasteiger partial charge in [-0.2, -0.15) is 0 Å². The van der Waals surface area contributed by atoms with Crippen LogP contribution in [0, 0.1) is 4.91 Å². The molecule has 1 heterocycles. The molecule has 0 saturated carbocycles. The van der Waals surface area contributed by atoms with Crippen LogP contribution in [0.3, 0.4) is 0 Å². The molecule has 8 heteroatoms. The van der Waals surface area contributed by atoms with Gasteiger partial charge in [-0.1, -0.05) is 74.1 Å². The van der Waals surface area contributed by atoms with Crippen LogP contribution in [0.5, 0.6) is 0 Å². The highest BCUT2D eigenvalue weighted by molar-refractivity contribution is 5.98. The van der Waals surface area contributed by atoms with E-state index in [2.05, 4.69) is 46.3 Å². The van der Waals surface area contributed by atoms with Gasteiger partial charge in [0, 0.05) is 25.6 Å². The number of allylic oxidation sites excluding steroid dienone is 6. The molecule has 42 heavy (non-hydrogen) atoms. The van der Waals surface area contributed by atoms with Crippen LogP contribution < -0.4 is 5.32 Å². The van der Waals surface area contributed by atoms with Crippen molar-refractivity contribution in [2.24, 2.45) is 15.3 Å². The van der Waals surface area contributed by atoms with Gasteiger partial charge in [0.2, 0.25) is 0 Å². The number of benzene rings is 1. The molecule has 1 aromatic rings. The van der Waals surface area contributed by atoms with Crippen molar-refractivity contribution >= 4 is 17.8 Å². The highest BCUT2D eigenvalue weighted by Gasteiger charge is 2.36. The van der Waals surface area contributed by atoms with E-state index in [-0.39, 0.29) is 23.9 Å². The van der Waals surface area contributed by atoms with Crippen molar-refractivity contribution in [3.05, 3.63) is 101 Å². The molecule has 1 unspecified atom stereocenters. The molecule has 0 aliphatic carbocycles. The van der Waals surface area contributed by atoms with Crippen molar-refractivity contribution in [2.45, 2.75) is 90.6 Å². The number of halogens is 1. The lowest BCUT2D eigenvalue weighted by Crippen LogP contribution is -2.29. The summed E-state index contributed by atoms with van der Waals surface area (Å²) in [5.74, 6) is -0.628. The van der Waals surface area contributed by atoms with E-state index in [1.54, 1.807) is 25.3 Å². The first kappa shape index (κ1) is 34.3. The van der Waals surface area contributed by atoms with Gasteiger partial charge in [-0.25, -0.2) is 4.39 Å². The van der Waals surface area contributed by atoms with Gasteiger partial charge in [-0.15, -0.1) is 4.91 Å². The van der Waals surface area contributed by atoms with Crippen LogP contribution >= 0.6 is 0 Å². The second-order valence-corrected chi connectivity index (χ2v) is 10.3. The molecule has 0 radical (unpaired) electrons. The molecule has 1 amide bonds. The second-order valence-electron chi connectivity index (χ2n) is 10.3. The summed E-state index contributed by atoms with van der Waals surface area (Å²) in [7, 11) is 0. The Morgan fingerprint density at radius 3 is 2.69 bits per heavy atom. The van der Waals surface area contributed by atoms with Gasteiger partial charge in [0.1, 0.15) is 11.4 Å². The van der Waals surface area contributed by atoms with Gasteiger partial charge in [-0.05, 0) is 81.2 Å². The highest BCUT2D eigenvalue weighted by Crippen LogP contribution is 2.33. The molecule has 0 fully saturated rings. The maximum absolute atomic E-state index is 13.6. The summed E-state index contributed by atoms with van der Waals surface area (Å²) in [4.78, 5) is 34.2. The number of amides is 1. The Hall–Kier alpha value is -3.94. The minimum absolute atomic E-state index is 0.188. The Labute approximate surface area is 250 Å². The number of carbonyl (C=O) groups is 1. The zero-order valence-electron chi connectivity index (χ0n) is 25.3.